The summed E-state index contributed by atoms with van der Waals surface area (Å²) < 4.78 is 54.6. The van der Waals surface area contributed by atoms with E-state index in [4.69, 9.17) is 5.11 Å². The second-order valence-corrected chi connectivity index (χ2v) is 10.7. The Morgan fingerprint density at radius 2 is 1.67 bits per heavy atom. The number of likely N-dealkylation sites (tertiary alicyclic amines) is 1. The molecule has 8 nitrogen and oxygen atoms in total. The molecule has 30 heavy (non-hydrogen) atoms. The molecule has 0 aliphatic carbocycles. The normalized spacial score (nSPS) is 15.8. The van der Waals surface area contributed by atoms with Gasteiger partial charge in [-0.05, 0) is 49.1 Å². The maximum absolute atomic E-state index is 13.1. The third-order valence-electron chi connectivity index (χ3n) is 5.16. The van der Waals surface area contributed by atoms with E-state index in [1.54, 1.807) is 25.1 Å². The van der Waals surface area contributed by atoms with Gasteiger partial charge in [-0.15, -0.1) is 0 Å². The number of carbonyl (C=O) groups is 1. The van der Waals surface area contributed by atoms with Crippen LogP contribution in [-0.4, -0.2) is 52.1 Å². The summed E-state index contributed by atoms with van der Waals surface area (Å²) in [6, 6.07) is 11.6. The number of piperidine rings is 1. The van der Waals surface area contributed by atoms with Crippen molar-refractivity contribution in [3.05, 3.63) is 54.1 Å². The smallest absolute Gasteiger partial charge is 0.407 e. The summed E-state index contributed by atoms with van der Waals surface area (Å²) in [6.45, 7) is 2.28. The number of carboxylic acid groups (broad SMARTS) is 1. The van der Waals surface area contributed by atoms with Crippen LogP contribution in [0.2, 0.25) is 0 Å². The number of hydrogen-bond acceptors (Lipinski definition) is 5. The monoisotopic (exact) mass is 452 g/mol. The standard InChI is InChI=1S/C20H24N2O6S2/c1-2-15-8-9-18(29(25,26)17-6-4-3-5-7-17)14-19(15)30(27,28)21-16-10-12-22(13-11-16)20(23)24/h3-9,14,16,21H,2,10-13H2,1H3,(H,23,24). The predicted molar refractivity (Wildman–Crippen MR) is 111 cm³/mol. The van der Waals surface area contributed by atoms with Crippen molar-refractivity contribution in [3.63, 3.8) is 0 Å². The van der Waals surface area contributed by atoms with Gasteiger partial charge in [0.15, 0.2) is 0 Å². The van der Waals surface area contributed by atoms with E-state index in [9.17, 15) is 21.6 Å². The van der Waals surface area contributed by atoms with Crippen molar-refractivity contribution in [1.29, 1.82) is 0 Å². The van der Waals surface area contributed by atoms with Gasteiger partial charge in [0.05, 0.1) is 14.7 Å². The van der Waals surface area contributed by atoms with Crippen LogP contribution in [0.3, 0.4) is 0 Å². The number of aryl methyl sites for hydroxylation is 1. The van der Waals surface area contributed by atoms with Crippen molar-refractivity contribution < 1.29 is 26.7 Å². The zero-order chi connectivity index (χ0) is 21.9. The summed E-state index contributed by atoms with van der Waals surface area (Å²) in [5.41, 5.74) is 0.512. The van der Waals surface area contributed by atoms with E-state index in [2.05, 4.69) is 4.72 Å². The lowest BCUT2D eigenvalue weighted by molar-refractivity contribution is 0.131. The van der Waals surface area contributed by atoms with Gasteiger partial charge in [-0.1, -0.05) is 31.2 Å². The summed E-state index contributed by atoms with van der Waals surface area (Å²) in [5, 5.41) is 9.03. The first kappa shape index (κ1) is 22.3. The van der Waals surface area contributed by atoms with E-state index < -0.39 is 32.0 Å². The maximum Gasteiger partial charge on any atom is 0.407 e. The highest BCUT2D eigenvalue weighted by Gasteiger charge is 2.29. The van der Waals surface area contributed by atoms with Crippen LogP contribution >= 0.6 is 0 Å². The number of hydrogen-bond donors (Lipinski definition) is 2. The van der Waals surface area contributed by atoms with Crippen molar-refractivity contribution in [2.45, 2.75) is 46.9 Å². The minimum absolute atomic E-state index is 0.0670. The first-order chi connectivity index (χ1) is 14.1. The molecule has 10 heteroatoms. The molecule has 0 bridgehead atoms. The molecule has 3 rings (SSSR count). The third-order valence-corrected chi connectivity index (χ3v) is 8.53. The number of nitrogens with zero attached hydrogens (tertiary/aromatic N) is 1. The van der Waals surface area contributed by atoms with Crippen LogP contribution in [-0.2, 0) is 26.3 Å². The van der Waals surface area contributed by atoms with E-state index >= 15 is 0 Å². The van der Waals surface area contributed by atoms with Crippen LogP contribution in [0.25, 0.3) is 0 Å². The summed E-state index contributed by atoms with van der Waals surface area (Å²) >= 11 is 0. The maximum atomic E-state index is 13.1. The van der Waals surface area contributed by atoms with Crippen molar-refractivity contribution in [2.75, 3.05) is 13.1 Å². The van der Waals surface area contributed by atoms with Crippen LogP contribution in [0.1, 0.15) is 25.3 Å². The predicted octanol–water partition coefficient (Wildman–Crippen LogP) is 2.50. The van der Waals surface area contributed by atoms with Crippen LogP contribution in [0, 0.1) is 0 Å². The zero-order valence-corrected chi connectivity index (χ0v) is 18.1. The molecule has 0 spiro atoms. The molecule has 1 heterocycles. The second kappa shape index (κ2) is 8.75. The Hall–Kier alpha value is -2.43. The Bertz CT molecular complexity index is 1120. The van der Waals surface area contributed by atoms with E-state index in [0.717, 1.165) is 0 Å². The molecule has 2 aromatic rings. The third kappa shape index (κ3) is 4.66. The molecule has 1 fully saturated rings. The Balaban J connectivity index is 1.91. The molecule has 1 aliphatic heterocycles. The van der Waals surface area contributed by atoms with E-state index in [-0.39, 0.29) is 27.8 Å². The summed E-state index contributed by atoms with van der Waals surface area (Å²) in [6.07, 6.45) is 0.104. The van der Waals surface area contributed by atoms with Crippen molar-refractivity contribution in [2.24, 2.45) is 0 Å². The van der Waals surface area contributed by atoms with Gasteiger partial charge in [0.1, 0.15) is 0 Å². The van der Waals surface area contributed by atoms with Gasteiger partial charge in [0.2, 0.25) is 19.9 Å². The molecule has 0 unspecified atom stereocenters. The highest BCUT2D eigenvalue weighted by molar-refractivity contribution is 7.91. The molecule has 2 N–H and O–H groups in total. The lowest BCUT2D eigenvalue weighted by Crippen LogP contribution is -2.46. The number of sulfone groups is 1. The number of sulfonamides is 1. The van der Waals surface area contributed by atoms with E-state index in [1.165, 1.54) is 35.2 Å². The highest BCUT2D eigenvalue weighted by atomic mass is 32.2. The fourth-order valence-corrected chi connectivity index (χ4v) is 6.48. The fraction of sp³-hybridized carbons (Fsp3) is 0.350. The quantitative estimate of drug-likeness (QED) is 0.695. The van der Waals surface area contributed by atoms with Gasteiger partial charge < -0.3 is 10.0 Å². The van der Waals surface area contributed by atoms with Gasteiger partial charge in [0.25, 0.3) is 0 Å². The first-order valence-electron chi connectivity index (χ1n) is 9.58. The van der Waals surface area contributed by atoms with Crippen LogP contribution in [0.5, 0.6) is 0 Å². The minimum atomic E-state index is -3.99. The fourth-order valence-electron chi connectivity index (χ4n) is 3.45. The number of benzene rings is 2. The van der Waals surface area contributed by atoms with Gasteiger partial charge in [-0.25, -0.2) is 26.4 Å². The van der Waals surface area contributed by atoms with Crippen molar-refractivity contribution >= 4 is 26.0 Å². The summed E-state index contributed by atoms with van der Waals surface area (Å²) in [5.74, 6) is 0. The highest BCUT2D eigenvalue weighted by Crippen LogP contribution is 2.26. The number of amides is 1. The Morgan fingerprint density at radius 1 is 1.03 bits per heavy atom. The van der Waals surface area contributed by atoms with Crippen LogP contribution in [0.15, 0.2) is 63.2 Å². The molecular weight excluding hydrogens is 428 g/mol. The lowest BCUT2D eigenvalue weighted by atomic mass is 10.1. The molecule has 1 amide bonds. The Morgan fingerprint density at radius 3 is 2.23 bits per heavy atom. The molecule has 0 aromatic heterocycles. The number of nitrogens with one attached hydrogen (secondary N) is 1. The van der Waals surface area contributed by atoms with Gasteiger partial charge in [0, 0.05) is 19.1 Å². The van der Waals surface area contributed by atoms with Crippen LogP contribution in [0.4, 0.5) is 4.79 Å². The molecule has 1 aliphatic rings. The SMILES string of the molecule is CCc1ccc(S(=O)(=O)c2ccccc2)cc1S(=O)(=O)NC1CCN(C(=O)O)CC1. The molecule has 0 atom stereocenters. The van der Waals surface area contributed by atoms with Crippen molar-refractivity contribution in [1.82, 2.24) is 9.62 Å². The molecule has 0 radical (unpaired) electrons. The second-order valence-electron chi connectivity index (χ2n) is 7.10. The molecule has 2 aromatic carbocycles. The average molecular weight is 453 g/mol. The van der Waals surface area contributed by atoms with E-state index in [0.29, 0.717) is 24.8 Å². The zero-order valence-electron chi connectivity index (χ0n) is 16.5. The first-order valence-corrected chi connectivity index (χ1v) is 12.5. The molecule has 0 saturated carbocycles. The van der Waals surface area contributed by atoms with Gasteiger partial charge in [-0.2, -0.15) is 0 Å². The largest absolute Gasteiger partial charge is 0.465 e. The molecule has 162 valence electrons. The molecular formula is C20H24N2O6S2. The topological polar surface area (TPSA) is 121 Å². The summed E-state index contributed by atoms with van der Waals surface area (Å²) in [4.78, 5) is 12.2. The average Bonchev–Trinajstić information content (AvgIpc) is 2.74. The lowest BCUT2D eigenvalue weighted by Gasteiger charge is -2.30. The Kier molecular flexibility index (Phi) is 6.49. The van der Waals surface area contributed by atoms with Crippen LogP contribution < -0.4 is 4.72 Å². The Labute approximate surface area is 176 Å². The summed E-state index contributed by atoms with van der Waals surface area (Å²) in [7, 11) is -7.85. The molecule has 1 saturated heterocycles. The minimum Gasteiger partial charge on any atom is -0.465 e. The van der Waals surface area contributed by atoms with E-state index in [1.807, 2.05) is 0 Å². The number of rotatable bonds is 6. The van der Waals surface area contributed by atoms with Crippen molar-refractivity contribution in [3.8, 4) is 0 Å². The van der Waals surface area contributed by atoms with Gasteiger partial charge >= 0.3 is 6.09 Å². The van der Waals surface area contributed by atoms with Gasteiger partial charge in [-0.3, -0.25) is 0 Å².